The molecule has 0 fully saturated rings. The third-order valence-corrected chi connectivity index (χ3v) is 1.99. The maximum atomic E-state index is 5.96. The van der Waals surface area contributed by atoms with Crippen molar-refractivity contribution in [3.8, 4) is 11.4 Å². The van der Waals surface area contributed by atoms with E-state index < -0.39 is 0 Å². The third kappa shape index (κ3) is 1.55. The van der Waals surface area contributed by atoms with Gasteiger partial charge in [-0.25, -0.2) is 9.67 Å². The molecule has 1 radical (unpaired) electrons. The van der Waals surface area contributed by atoms with Crippen molar-refractivity contribution < 1.29 is 0 Å². The molecule has 0 amide bonds. The summed E-state index contributed by atoms with van der Waals surface area (Å²) in [5.74, 6) is 0.605. The lowest BCUT2D eigenvalue weighted by molar-refractivity contribution is 0.761. The Balaban J connectivity index is 2.52. The monoisotopic (exact) mass is 192 g/mol. The minimum atomic E-state index is 0.605. The van der Waals surface area contributed by atoms with Gasteiger partial charge in [-0.3, -0.25) is 0 Å². The zero-order valence-electron chi connectivity index (χ0n) is 7.03. The first-order valence-corrected chi connectivity index (χ1v) is 4.19. The molecule has 1 aromatic carbocycles. The molecule has 0 saturated heterocycles. The summed E-state index contributed by atoms with van der Waals surface area (Å²) in [5.41, 5.74) is 0.834. The Hall–Kier alpha value is -1.35. The second-order valence-electron chi connectivity index (χ2n) is 2.64. The highest BCUT2D eigenvalue weighted by molar-refractivity contribution is 6.33. The first-order valence-electron chi connectivity index (χ1n) is 3.81. The highest BCUT2D eigenvalue weighted by atomic mass is 35.5. The van der Waals surface area contributed by atoms with E-state index in [4.69, 9.17) is 11.6 Å². The minimum absolute atomic E-state index is 0.605. The van der Waals surface area contributed by atoms with Crippen molar-refractivity contribution in [2.45, 2.75) is 0 Å². The predicted octanol–water partition coefficient (Wildman–Crippen LogP) is 1.94. The van der Waals surface area contributed by atoms with Gasteiger partial charge in [0.1, 0.15) is 0 Å². The van der Waals surface area contributed by atoms with Crippen molar-refractivity contribution in [2.75, 3.05) is 0 Å². The SMILES string of the molecule is Cn1[c]nc(-c2ccccc2Cl)n1. The molecule has 1 heterocycles. The average molecular weight is 193 g/mol. The van der Waals surface area contributed by atoms with Crippen LogP contribution in [0.1, 0.15) is 0 Å². The van der Waals surface area contributed by atoms with E-state index in [0.29, 0.717) is 10.8 Å². The summed E-state index contributed by atoms with van der Waals surface area (Å²) in [7, 11) is 1.77. The predicted molar refractivity (Wildman–Crippen MR) is 50.3 cm³/mol. The number of rotatable bonds is 1. The molecule has 4 heteroatoms. The molecule has 0 unspecified atom stereocenters. The fraction of sp³-hybridized carbons (Fsp3) is 0.111. The number of nitrogens with zero attached hydrogens (tertiary/aromatic N) is 3. The molecule has 0 saturated carbocycles. The minimum Gasteiger partial charge on any atom is -0.246 e. The van der Waals surface area contributed by atoms with Gasteiger partial charge in [-0.15, -0.1) is 0 Å². The maximum Gasteiger partial charge on any atom is 0.196 e. The van der Waals surface area contributed by atoms with Crippen LogP contribution in [0.25, 0.3) is 11.4 Å². The van der Waals surface area contributed by atoms with Crippen molar-refractivity contribution in [3.05, 3.63) is 35.6 Å². The van der Waals surface area contributed by atoms with Crippen molar-refractivity contribution in [1.29, 1.82) is 0 Å². The van der Waals surface area contributed by atoms with Gasteiger partial charge in [-0.05, 0) is 12.1 Å². The van der Waals surface area contributed by atoms with Gasteiger partial charge < -0.3 is 0 Å². The van der Waals surface area contributed by atoms with E-state index in [9.17, 15) is 0 Å². The average Bonchev–Trinajstić information content (AvgIpc) is 2.53. The van der Waals surface area contributed by atoms with Crippen molar-refractivity contribution in [3.63, 3.8) is 0 Å². The molecular weight excluding hydrogens is 186 g/mol. The van der Waals surface area contributed by atoms with Crippen LogP contribution in [0.3, 0.4) is 0 Å². The summed E-state index contributed by atoms with van der Waals surface area (Å²) >= 11 is 5.96. The smallest absolute Gasteiger partial charge is 0.196 e. The van der Waals surface area contributed by atoms with Crippen molar-refractivity contribution >= 4 is 11.6 Å². The Morgan fingerprint density at radius 3 is 2.77 bits per heavy atom. The summed E-state index contributed by atoms with van der Waals surface area (Å²) in [6.45, 7) is 0. The van der Waals surface area contributed by atoms with Gasteiger partial charge in [-0.2, -0.15) is 5.10 Å². The zero-order valence-corrected chi connectivity index (χ0v) is 7.78. The number of hydrogen-bond acceptors (Lipinski definition) is 2. The summed E-state index contributed by atoms with van der Waals surface area (Å²) in [6.07, 6.45) is 2.69. The number of halogens is 1. The lowest BCUT2D eigenvalue weighted by Crippen LogP contribution is -1.88. The standard InChI is InChI=1S/C9H7ClN3/c1-13-6-11-9(12-13)7-4-2-3-5-8(7)10/h2-5H,1H3. The van der Waals surface area contributed by atoms with Crippen LogP contribution in [-0.4, -0.2) is 14.8 Å². The molecule has 65 valence electrons. The van der Waals surface area contributed by atoms with Gasteiger partial charge in [0.05, 0.1) is 5.02 Å². The molecule has 0 aliphatic heterocycles. The molecule has 0 N–H and O–H groups in total. The Kier molecular flexibility index (Phi) is 2.02. The van der Waals surface area contributed by atoms with Gasteiger partial charge in [0.2, 0.25) is 0 Å². The van der Waals surface area contributed by atoms with Gasteiger partial charge in [0.25, 0.3) is 0 Å². The molecule has 0 aliphatic carbocycles. The topological polar surface area (TPSA) is 30.7 Å². The first kappa shape index (κ1) is 8.26. The van der Waals surface area contributed by atoms with E-state index in [0.717, 1.165) is 5.56 Å². The molecule has 13 heavy (non-hydrogen) atoms. The van der Waals surface area contributed by atoms with Crippen LogP contribution in [0.5, 0.6) is 0 Å². The van der Waals surface area contributed by atoms with Crippen molar-refractivity contribution in [1.82, 2.24) is 14.8 Å². The van der Waals surface area contributed by atoms with Crippen LogP contribution in [0.2, 0.25) is 5.02 Å². The fourth-order valence-electron chi connectivity index (χ4n) is 1.06. The van der Waals surface area contributed by atoms with Crippen LogP contribution in [0, 0.1) is 6.33 Å². The van der Waals surface area contributed by atoms with E-state index in [1.807, 2.05) is 24.3 Å². The van der Waals surface area contributed by atoms with E-state index in [1.54, 1.807) is 7.05 Å². The molecule has 0 atom stereocenters. The summed E-state index contributed by atoms with van der Waals surface area (Å²) < 4.78 is 1.53. The Morgan fingerprint density at radius 2 is 2.15 bits per heavy atom. The normalized spacial score (nSPS) is 10.3. The molecule has 2 aromatic rings. The van der Waals surface area contributed by atoms with E-state index >= 15 is 0 Å². The van der Waals surface area contributed by atoms with Crippen LogP contribution in [0.15, 0.2) is 24.3 Å². The Labute approximate surface area is 81.0 Å². The van der Waals surface area contributed by atoms with Crippen LogP contribution in [-0.2, 0) is 7.05 Å². The largest absolute Gasteiger partial charge is 0.246 e. The Morgan fingerprint density at radius 1 is 1.38 bits per heavy atom. The lowest BCUT2D eigenvalue weighted by Gasteiger charge is -1.96. The first-order chi connectivity index (χ1) is 6.27. The summed E-state index contributed by atoms with van der Waals surface area (Å²) in [6, 6.07) is 7.47. The molecule has 0 aliphatic rings. The highest BCUT2D eigenvalue weighted by Crippen LogP contribution is 2.23. The van der Waals surface area contributed by atoms with Gasteiger partial charge in [0, 0.05) is 12.6 Å². The lowest BCUT2D eigenvalue weighted by atomic mass is 10.2. The molecule has 0 spiro atoms. The summed E-state index contributed by atoms with van der Waals surface area (Å²) in [4.78, 5) is 3.99. The maximum absolute atomic E-state index is 5.96. The second-order valence-corrected chi connectivity index (χ2v) is 3.05. The molecule has 0 bridgehead atoms. The van der Waals surface area contributed by atoms with E-state index in [-0.39, 0.29) is 0 Å². The van der Waals surface area contributed by atoms with Crippen molar-refractivity contribution in [2.24, 2.45) is 7.05 Å². The van der Waals surface area contributed by atoms with Gasteiger partial charge in [0.15, 0.2) is 12.2 Å². The van der Waals surface area contributed by atoms with Crippen LogP contribution in [0.4, 0.5) is 0 Å². The number of benzene rings is 1. The second kappa shape index (κ2) is 3.18. The van der Waals surface area contributed by atoms with Crippen LogP contribution < -0.4 is 0 Å². The number of aromatic nitrogens is 3. The third-order valence-electron chi connectivity index (χ3n) is 1.66. The van der Waals surface area contributed by atoms with Gasteiger partial charge in [-0.1, -0.05) is 23.7 Å². The van der Waals surface area contributed by atoms with E-state index in [2.05, 4.69) is 16.4 Å². The molecule has 3 nitrogen and oxygen atoms in total. The fourth-order valence-corrected chi connectivity index (χ4v) is 1.28. The zero-order chi connectivity index (χ0) is 9.26. The highest BCUT2D eigenvalue weighted by Gasteiger charge is 2.06. The van der Waals surface area contributed by atoms with Gasteiger partial charge >= 0.3 is 0 Å². The molecular formula is C9H7ClN3. The number of aryl methyl sites for hydroxylation is 1. The summed E-state index contributed by atoms with van der Waals surface area (Å²) in [5, 5.41) is 4.76. The molecule has 1 aromatic heterocycles. The number of hydrogen-bond donors (Lipinski definition) is 0. The van der Waals surface area contributed by atoms with Crippen LogP contribution >= 0.6 is 11.6 Å². The van der Waals surface area contributed by atoms with E-state index in [1.165, 1.54) is 4.68 Å². The molecule has 2 rings (SSSR count). The Bertz CT molecular complexity index is 422. The quantitative estimate of drug-likeness (QED) is 0.692.